The Morgan fingerprint density at radius 3 is 2.57 bits per heavy atom. The highest BCUT2D eigenvalue weighted by Gasteiger charge is 1.86. The van der Waals surface area contributed by atoms with Gasteiger partial charge in [0.15, 0.2) is 8.46 Å². The molecule has 6 heteroatoms. The Kier molecular flexibility index (Phi) is 4.57. The van der Waals surface area contributed by atoms with E-state index in [2.05, 4.69) is 4.52 Å². The van der Waals surface area contributed by atoms with Crippen molar-refractivity contribution >= 4 is 16.7 Å². The van der Waals surface area contributed by atoms with Crippen molar-refractivity contribution in [3.63, 3.8) is 0 Å². The maximum atomic E-state index is 9.58. The van der Waals surface area contributed by atoms with Crippen LogP contribution in [0.2, 0.25) is 0 Å². The maximum absolute atomic E-state index is 9.58. The highest BCUT2D eigenvalue weighted by molar-refractivity contribution is 7.33. The first-order chi connectivity index (χ1) is 3.27. The number of hydrogen-bond acceptors (Lipinski definition) is 3. The predicted molar refractivity (Wildman–Crippen MR) is 24.8 cm³/mol. The van der Waals surface area contributed by atoms with Gasteiger partial charge in [-0.1, -0.05) is 0 Å². The molecule has 7 heavy (non-hydrogen) atoms. The van der Waals surface area contributed by atoms with Crippen LogP contribution < -0.4 is 0 Å². The largest absolute Gasteiger partial charge is 0.326 e. The summed E-state index contributed by atoms with van der Waals surface area (Å²) >= 11 is 0. The minimum absolute atomic E-state index is 0.200. The Bertz CT molecular complexity index is 79.8. The first-order valence-corrected chi connectivity index (χ1v) is 3.68. The Balaban J connectivity index is 2.97. The minimum atomic E-state index is -2.85. The molecule has 4 nitrogen and oxygen atoms in total. The van der Waals surface area contributed by atoms with Gasteiger partial charge in [0.25, 0.3) is 0 Å². The van der Waals surface area contributed by atoms with Gasteiger partial charge in [-0.2, -0.15) is 0 Å². The fourth-order valence-electron chi connectivity index (χ4n) is 0.0816. The van der Waals surface area contributed by atoms with Gasteiger partial charge < -0.3 is 4.89 Å². The van der Waals surface area contributed by atoms with Crippen molar-refractivity contribution in [2.75, 3.05) is 6.35 Å². The molecule has 1 atom stereocenters. The summed E-state index contributed by atoms with van der Waals surface area (Å²) in [6.07, 6.45) is -0.200. The second-order valence-electron chi connectivity index (χ2n) is 0.668. The van der Waals surface area contributed by atoms with E-state index in [4.69, 9.17) is 4.89 Å². The molecule has 0 amide bonds. The van der Waals surface area contributed by atoms with Crippen molar-refractivity contribution in [1.29, 1.82) is 0 Å². The van der Waals surface area contributed by atoms with Gasteiger partial charge >= 0.3 is 8.25 Å². The summed E-state index contributed by atoms with van der Waals surface area (Å²) in [6, 6.07) is 0. The smallest absolute Gasteiger partial charge is 0.317 e. The third kappa shape index (κ3) is 6.25. The molecule has 0 saturated heterocycles. The highest BCUT2D eigenvalue weighted by atomic mass is 31.1. The molecule has 0 aliphatic carbocycles. The van der Waals surface area contributed by atoms with Crippen LogP contribution in [0.4, 0.5) is 0 Å². The standard InChI is InChI=1S/CH4O4P2/c2-6-1-5-7(3)4/h7H,1H2,(H,3,4). The Hall–Kier alpha value is 0.250. The first kappa shape index (κ1) is 7.25. The van der Waals surface area contributed by atoms with Crippen molar-refractivity contribution in [3.8, 4) is 0 Å². The first-order valence-electron chi connectivity index (χ1n) is 1.42. The zero-order chi connectivity index (χ0) is 5.70. The van der Waals surface area contributed by atoms with Crippen LogP contribution in [0.25, 0.3) is 0 Å². The normalized spacial score (nSPS) is 14.4. The summed E-state index contributed by atoms with van der Waals surface area (Å²) in [6.45, 7) is 0. The zero-order valence-corrected chi connectivity index (χ0v) is 5.22. The van der Waals surface area contributed by atoms with Gasteiger partial charge in [0.2, 0.25) is 0 Å². The maximum Gasteiger partial charge on any atom is 0.317 e. The average molecular weight is 142 g/mol. The molecule has 0 radical (unpaired) electrons. The molecule has 0 bridgehead atoms. The summed E-state index contributed by atoms with van der Waals surface area (Å²) in [7, 11) is -3.12. The topological polar surface area (TPSA) is 63.6 Å². The zero-order valence-electron chi connectivity index (χ0n) is 3.33. The quantitative estimate of drug-likeness (QED) is 0.587. The lowest BCUT2D eigenvalue weighted by molar-refractivity contribution is 0.327. The fourth-order valence-corrected chi connectivity index (χ4v) is 0.734. The summed E-state index contributed by atoms with van der Waals surface area (Å²) < 4.78 is 23.0. The molecule has 0 aromatic carbocycles. The summed E-state index contributed by atoms with van der Waals surface area (Å²) in [5.41, 5.74) is 0. The molecule has 42 valence electrons. The van der Waals surface area contributed by atoms with E-state index in [9.17, 15) is 9.13 Å². The van der Waals surface area contributed by atoms with Gasteiger partial charge in [-0.05, 0) is 0 Å². The van der Waals surface area contributed by atoms with Crippen LogP contribution in [0, 0.1) is 0 Å². The number of rotatable bonds is 3. The van der Waals surface area contributed by atoms with Gasteiger partial charge in [0, 0.05) is 0 Å². The van der Waals surface area contributed by atoms with E-state index < -0.39 is 8.25 Å². The highest BCUT2D eigenvalue weighted by Crippen LogP contribution is 2.15. The third-order valence-electron chi connectivity index (χ3n) is 0.241. The third-order valence-corrected chi connectivity index (χ3v) is 1.11. The predicted octanol–water partition coefficient (Wildman–Crippen LogP) is 0.634. The molecule has 0 spiro atoms. The van der Waals surface area contributed by atoms with E-state index in [1.807, 2.05) is 0 Å². The van der Waals surface area contributed by atoms with Crippen LogP contribution in [-0.2, 0) is 13.7 Å². The number of hydrogen-bond donors (Lipinski definition) is 1. The van der Waals surface area contributed by atoms with E-state index >= 15 is 0 Å². The molecular formula is CH4O4P2. The lowest BCUT2D eigenvalue weighted by Crippen LogP contribution is -1.69. The second-order valence-corrected chi connectivity index (χ2v) is 2.01. The second kappa shape index (κ2) is 4.41. The Labute approximate surface area is 42.6 Å². The van der Waals surface area contributed by atoms with Gasteiger partial charge in [-0.25, -0.2) is 0 Å². The monoisotopic (exact) mass is 142 g/mol. The van der Waals surface area contributed by atoms with Crippen LogP contribution in [0.1, 0.15) is 0 Å². The van der Waals surface area contributed by atoms with Crippen molar-refractivity contribution < 1.29 is 18.5 Å². The van der Waals surface area contributed by atoms with Crippen LogP contribution in [-0.4, -0.2) is 11.2 Å². The average Bonchev–Trinajstić information content (AvgIpc) is 1.61. The van der Waals surface area contributed by atoms with Crippen molar-refractivity contribution in [2.24, 2.45) is 0 Å². The SMILES string of the molecule is O=PCO[PH](=O)O. The fraction of sp³-hybridized carbons (Fsp3) is 1.00. The Morgan fingerprint density at radius 2 is 2.43 bits per heavy atom. The molecule has 0 fully saturated rings. The van der Waals surface area contributed by atoms with Gasteiger partial charge in [0.05, 0.1) is 0 Å². The molecule has 0 aromatic heterocycles. The van der Waals surface area contributed by atoms with Crippen LogP contribution in [0.3, 0.4) is 0 Å². The van der Waals surface area contributed by atoms with Gasteiger partial charge in [-0.3, -0.25) is 13.7 Å². The Morgan fingerprint density at radius 1 is 1.86 bits per heavy atom. The molecule has 0 rings (SSSR count). The molecule has 0 aromatic rings. The molecule has 0 aliphatic rings. The van der Waals surface area contributed by atoms with E-state index in [-0.39, 0.29) is 14.8 Å². The molecule has 1 unspecified atom stereocenters. The van der Waals surface area contributed by atoms with Crippen molar-refractivity contribution in [1.82, 2.24) is 0 Å². The van der Waals surface area contributed by atoms with E-state index in [1.165, 1.54) is 0 Å². The lowest BCUT2D eigenvalue weighted by atomic mass is 11.7. The van der Waals surface area contributed by atoms with Crippen LogP contribution in [0.5, 0.6) is 0 Å². The van der Waals surface area contributed by atoms with Crippen molar-refractivity contribution in [3.05, 3.63) is 0 Å². The molecular weight excluding hydrogens is 138 g/mol. The van der Waals surface area contributed by atoms with Crippen LogP contribution >= 0.6 is 16.7 Å². The van der Waals surface area contributed by atoms with Crippen molar-refractivity contribution in [2.45, 2.75) is 0 Å². The molecule has 0 aliphatic heterocycles. The summed E-state index contributed by atoms with van der Waals surface area (Å²) in [5, 5.41) is 0. The lowest BCUT2D eigenvalue weighted by Gasteiger charge is -1.85. The summed E-state index contributed by atoms with van der Waals surface area (Å²) in [5.74, 6) is 0. The van der Waals surface area contributed by atoms with Gasteiger partial charge in [-0.15, -0.1) is 0 Å². The van der Waals surface area contributed by atoms with E-state index in [1.54, 1.807) is 0 Å². The summed E-state index contributed by atoms with van der Waals surface area (Å²) in [4.78, 5) is 7.86. The van der Waals surface area contributed by atoms with E-state index in [0.29, 0.717) is 0 Å². The molecule has 0 heterocycles. The minimum Gasteiger partial charge on any atom is -0.326 e. The molecule has 1 N–H and O–H groups in total. The molecule has 0 saturated carbocycles. The van der Waals surface area contributed by atoms with Gasteiger partial charge in [0.1, 0.15) is 6.35 Å². The van der Waals surface area contributed by atoms with E-state index in [0.717, 1.165) is 0 Å². The van der Waals surface area contributed by atoms with Crippen LogP contribution in [0.15, 0.2) is 0 Å².